The molecule has 0 saturated heterocycles. The van der Waals surface area contributed by atoms with Gasteiger partial charge in [0.05, 0.1) is 11.4 Å². The summed E-state index contributed by atoms with van der Waals surface area (Å²) in [7, 11) is 0. The largest absolute Gasteiger partial charge is 0.461 e. The minimum absolute atomic E-state index is 0.123. The summed E-state index contributed by atoms with van der Waals surface area (Å²) >= 11 is 0. The van der Waals surface area contributed by atoms with Crippen LogP contribution in [-0.2, 0) is 9.53 Å². The van der Waals surface area contributed by atoms with Gasteiger partial charge in [-0.05, 0) is 31.5 Å². The molecule has 6 nitrogen and oxygen atoms in total. The fourth-order valence-electron chi connectivity index (χ4n) is 4.11. The molecule has 2 unspecified atom stereocenters. The summed E-state index contributed by atoms with van der Waals surface area (Å²) in [4.78, 5) is 35.0. The summed E-state index contributed by atoms with van der Waals surface area (Å²) < 4.78 is 6.93. The number of aromatic nitrogens is 2. The quantitative estimate of drug-likeness (QED) is 0.466. The van der Waals surface area contributed by atoms with Crippen LogP contribution in [0.2, 0.25) is 0 Å². The van der Waals surface area contributed by atoms with Gasteiger partial charge >= 0.3 is 11.7 Å². The van der Waals surface area contributed by atoms with Crippen LogP contribution in [0, 0.1) is 12.8 Å². The lowest BCUT2D eigenvalue weighted by atomic mass is 9.76. The SMILES string of the molecule is C=CCOC(=O)C1C(C)=Nc2c(c(C)nc(=O)n2-c2ccccc2)C1c1ccccc1. The Morgan fingerprint density at radius 3 is 2.39 bits per heavy atom. The third-order valence-corrected chi connectivity index (χ3v) is 5.44. The van der Waals surface area contributed by atoms with Gasteiger partial charge in [0.15, 0.2) is 0 Å². The topological polar surface area (TPSA) is 73.6 Å². The van der Waals surface area contributed by atoms with Crippen molar-refractivity contribution in [1.29, 1.82) is 0 Å². The summed E-state index contributed by atoms with van der Waals surface area (Å²) in [6, 6.07) is 19.0. The van der Waals surface area contributed by atoms with Crippen molar-refractivity contribution in [1.82, 2.24) is 9.55 Å². The molecule has 0 saturated carbocycles. The molecule has 31 heavy (non-hydrogen) atoms. The zero-order valence-electron chi connectivity index (χ0n) is 17.5. The molecule has 1 aliphatic heterocycles. The molecule has 3 aromatic rings. The summed E-state index contributed by atoms with van der Waals surface area (Å²) in [6.07, 6.45) is 1.54. The van der Waals surface area contributed by atoms with E-state index in [0.29, 0.717) is 22.9 Å². The van der Waals surface area contributed by atoms with Crippen molar-refractivity contribution in [2.75, 3.05) is 6.61 Å². The molecule has 0 spiro atoms. The molecular weight excluding hydrogens is 390 g/mol. The normalized spacial score (nSPS) is 17.4. The highest BCUT2D eigenvalue weighted by Crippen LogP contribution is 2.44. The number of fused-ring (bicyclic) bond motifs is 1. The average Bonchev–Trinajstić information content (AvgIpc) is 2.78. The second kappa shape index (κ2) is 8.52. The minimum atomic E-state index is -0.628. The Kier molecular flexibility index (Phi) is 5.62. The van der Waals surface area contributed by atoms with Crippen molar-refractivity contribution in [3.8, 4) is 5.69 Å². The molecule has 0 bridgehead atoms. The molecular formula is C25H23N3O3. The number of benzene rings is 2. The van der Waals surface area contributed by atoms with Gasteiger partial charge in [0.1, 0.15) is 18.3 Å². The third kappa shape index (κ3) is 3.72. The van der Waals surface area contributed by atoms with Crippen LogP contribution < -0.4 is 5.69 Å². The number of ether oxygens (including phenoxy) is 1. The van der Waals surface area contributed by atoms with Gasteiger partial charge in [0.25, 0.3) is 0 Å². The number of carbonyl (C=O) groups is 1. The first-order valence-corrected chi connectivity index (χ1v) is 10.1. The van der Waals surface area contributed by atoms with Crippen LogP contribution >= 0.6 is 0 Å². The van der Waals surface area contributed by atoms with E-state index in [9.17, 15) is 9.59 Å². The molecule has 1 aliphatic rings. The fourth-order valence-corrected chi connectivity index (χ4v) is 4.11. The Labute approximate surface area is 180 Å². The molecule has 4 rings (SSSR count). The zero-order chi connectivity index (χ0) is 22.0. The van der Waals surface area contributed by atoms with E-state index in [-0.39, 0.29) is 18.5 Å². The van der Waals surface area contributed by atoms with E-state index in [1.165, 1.54) is 4.57 Å². The molecule has 2 atom stereocenters. The number of hydrogen-bond acceptors (Lipinski definition) is 5. The van der Waals surface area contributed by atoms with Gasteiger partial charge in [-0.3, -0.25) is 4.79 Å². The van der Waals surface area contributed by atoms with Gasteiger partial charge in [-0.25, -0.2) is 14.4 Å². The smallest absolute Gasteiger partial charge is 0.354 e. The van der Waals surface area contributed by atoms with Crippen molar-refractivity contribution in [2.45, 2.75) is 19.8 Å². The van der Waals surface area contributed by atoms with Crippen LogP contribution in [0.25, 0.3) is 5.69 Å². The maximum absolute atomic E-state index is 13.1. The van der Waals surface area contributed by atoms with Crippen molar-refractivity contribution in [3.05, 3.63) is 101 Å². The van der Waals surface area contributed by atoms with Crippen molar-refractivity contribution < 1.29 is 9.53 Å². The van der Waals surface area contributed by atoms with Crippen LogP contribution in [0.4, 0.5) is 5.82 Å². The maximum atomic E-state index is 13.1. The molecule has 0 fully saturated rings. The van der Waals surface area contributed by atoms with E-state index in [0.717, 1.165) is 11.1 Å². The molecule has 0 radical (unpaired) electrons. The van der Waals surface area contributed by atoms with Crippen LogP contribution in [-0.4, -0.2) is 27.8 Å². The van der Waals surface area contributed by atoms with Crippen LogP contribution in [0.15, 0.2) is 83.1 Å². The summed E-state index contributed by atoms with van der Waals surface area (Å²) in [5.41, 5.74) is 3.09. The number of nitrogens with zero attached hydrogens (tertiary/aromatic N) is 3. The third-order valence-electron chi connectivity index (χ3n) is 5.44. The standard InChI is InChI=1S/C25H23N3O3/c1-4-15-31-24(29)21-17(3)26-23-20(22(21)18-11-7-5-8-12-18)16(2)27-25(30)28(23)19-13-9-6-10-14-19/h4-14,21-22H,1,15H2,2-3H3. The number of hydrogen-bond donors (Lipinski definition) is 0. The first kappa shape index (κ1) is 20.5. The van der Waals surface area contributed by atoms with Crippen LogP contribution in [0.3, 0.4) is 0 Å². The maximum Gasteiger partial charge on any atom is 0.354 e. The second-order valence-corrected chi connectivity index (χ2v) is 7.43. The van der Waals surface area contributed by atoms with Gasteiger partial charge in [0, 0.05) is 17.2 Å². The molecule has 1 aromatic heterocycles. The molecule has 6 heteroatoms. The van der Waals surface area contributed by atoms with E-state index in [1.54, 1.807) is 19.9 Å². The Hall–Kier alpha value is -3.80. The van der Waals surface area contributed by atoms with Gasteiger partial charge < -0.3 is 4.74 Å². The molecule has 0 N–H and O–H groups in total. The Morgan fingerprint density at radius 1 is 1.10 bits per heavy atom. The van der Waals surface area contributed by atoms with E-state index >= 15 is 0 Å². The number of para-hydroxylation sites is 1. The molecule has 2 aromatic carbocycles. The number of aliphatic imine (C=N–C) groups is 1. The lowest BCUT2D eigenvalue weighted by Gasteiger charge is -2.32. The van der Waals surface area contributed by atoms with E-state index < -0.39 is 11.6 Å². The lowest BCUT2D eigenvalue weighted by molar-refractivity contribution is -0.145. The molecule has 0 amide bonds. The van der Waals surface area contributed by atoms with Crippen molar-refractivity contribution in [3.63, 3.8) is 0 Å². The van der Waals surface area contributed by atoms with Crippen LogP contribution in [0.1, 0.15) is 29.7 Å². The highest BCUT2D eigenvalue weighted by molar-refractivity contribution is 6.05. The van der Waals surface area contributed by atoms with Gasteiger partial charge in [-0.15, -0.1) is 0 Å². The zero-order valence-corrected chi connectivity index (χ0v) is 17.5. The molecule has 2 heterocycles. The number of esters is 1. The Morgan fingerprint density at radius 2 is 1.74 bits per heavy atom. The van der Waals surface area contributed by atoms with Gasteiger partial charge in [0.2, 0.25) is 0 Å². The van der Waals surface area contributed by atoms with Crippen molar-refractivity contribution >= 4 is 17.5 Å². The predicted molar refractivity (Wildman–Crippen MR) is 120 cm³/mol. The lowest BCUT2D eigenvalue weighted by Crippen LogP contribution is -2.36. The van der Waals surface area contributed by atoms with E-state index in [2.05, 4.69) is 11.6 Å². The molecule has 0 aliphatic carbocycles. The predicted octanol–water partition coefficient (Wildman–Crippen LogP) is 4.12. The van der Waals surface area contributed by atoms with Crippen molar-refractivity contribution in [2.24, 2.45) is 10.9 Å². The number of aryl methyl sites for hydroxylation is 1. The van der Waals surface area contributed by atoms with Crippen LogP contribution in [0.5, 0.6) is 0 Å². The van der Waals surface area contributed by atoms with E-state index in [4.69, 9.17) is 9.73 Å². The summed E-state index contributed by atoms with van der Waals surface area (Å²) in [5.74, 6) is -0.883. The first-order valence-electron chi connectivity index (χ1n) is 10.1. The van der Waals surface area contributed by atoms with Gasteiger partial charge in [-0.2, -0.15) is 4.98 Å². The molecule has 156 valence electrons. The fraction of sp³-hybridized carbons (Fsp3) is 0.200. The summed E-state index contributed by atoms with van der Waals surface area (Å²) in [6.45, 7) is 7.33. The Bertz CT molecular complexity index is 1210. The minimum Gasteiger partial charge on any atom is -0.461 e. The second-order valence-electron chi connectivity index (χ2n) is 7.43. The number of carbonyl (C=O) groups excluding carboxylic acids is 1. The first-order chi connectivity index (χ1) is 15.0. The average molecular weight is 413 g/mol. The van der Waals surface area contributed by atoms with Gasteiger partial charge in [-0.1, -0.05) is 61.2 Å². The van der Waals surface area contributed by atoms with E-state index in [1.807, 2.05) is 60.7 Å². The monoisotopic (exact) mass is 413 g/mol. The Balaban J connectivity index is 2.01. The highest BCUT2D eigenvalue weighted by Gasteiger charge is 2.41. The summed E-state index contributed by atoms with van der Waals surface area (Å²) in [5, 5.41) is 0. The number of rotatable bonds is 5. The highest BCUT2D eigenvalue weighted by atomic mass is 16.5.